The molecular weight excluding hydrogens is 475 g/mol. The molecule has 0 aliphatic carbocycles. The van der Waals surface area contributed by atoms with Crippen LogP contribution in [0.15, 0.2) is 64.5 Å². The van der Waals surface area contributed by atoms with Crippen LogP contribution in [0.4, 0.5) is 0 Å². The summed E-state index contributed by atoms with van der Waals surface area (Å²) in [7, 11) is 1.25. The number of guanidine groups is 1. The maximum atomic E-state index is 12.5. The minimum Gasteiger partial charge on any atom is -0.352 e. The van der Waals surface area contributed by atoms with Crippen molar-refractivity contribution in [1.29, 1.82) is 0 Å². The molecule has 2 rings (SSSR count). The van der Waals surface area contributed by atoms with E-state index in [1.165, 1.54) is 18.4 Å². The summed E-state index contributed by atoms with van der Waals surface area (Å²) in [5, 5.41) is 6.51. The summed E-state index contributed by atoms with van der Waals surface area (Å²) < 4.78 is 26.2. The van der Waals surface area contributed by atoms with Crippen molar-refractivity contribution in [1.82, 2.24) is 14.9 Å². The van der Waals surface area contributed by atoms with Gasteiger partial charge >= 0.3 is 0 Å². The first kappa shape index (κ1) is 23.4. The van der Waals surface area contributed by atoms with Crippen molar-refractivity contribution in [3.8, 4) is 0 Å². The minimum absolute atomic E-state index is 0. The lowest BCUT2D eigenvalue weighted by Crippen LogP contribution is -2.38. The van der Waals surface area contributed by atoms with Gasteiger partial charge < -0.3 is 10.6 Å². The molecule has 1 atom stereocenters. The molecule has 0 aromatic heterocycles. The molecule has 2 N–H and O–H groups in total. The number of sulfonamides is 1. The van der Waals surface area contributed by atoms with Gasteiger partial charge in [-0.15, -0.1) is 24.0 Å². The summed E-state index contributed by atoms with van der Waals surface area (Å²) >= 11 is 0. The van der Waals surface area contributed by atoms with Gasteiger partial charge in [-0.05, 0) is 24.1 Å². The van der Waals surface area contributed by atoms with E-state index in [2.05, 4.69) is 15.6 Å². The molecule has 0 saturated carbocycles. The highest BCUT2D eigenvalue weighted by Crippen LogP contribution is 2.18. The van der Waals surface area contributed by atoms with Crippen LogP contribution < -0.4 is 10.6 Å². The third-order valence-electron chi connectivity index (χ3n) is 4.05. The van der Waals surface area contributed by atoms with E-state index in [0.717, 1.165) is 5.56 Å². The van der Waals surface area contributed by atoms with Gasteiger partial charge in [-0.2, -0.15) is 0 Å². The number of aliphatic imine (C=N–C) groups is 1. The topological polar surface area (TPSA) is 73.8 Å². The molecule has 0 saturated heterocycles. The Bertz CT molecular complexity index is 855. The van der Waals surface area contributed by atoms with Crippen LogP contribution >= 0.6 is 24.0 Å². The maximum Gasteiger partial charge on any atom is 0.242 e. The molecule has 2 aromatic rings. The SMILES string of the molecule is CN=C(NCc1ccccc1S(=O)(=O)N(C)C)NC(C)c1ccccc1.I. The van der Waals surface area contributed by atoms with Crippen LogP contribution in [-0.2, 0) is 16.6 Å². The first-order valence-corrected chi connectivity index (χ1v) is 9.83. The van der Waals surface area contributed by atoms with Gasteiger partial charge in [0.2, 0.25) is 10.0 Å². The van der Waals surface area contributed by atoms with Crippen LogP contribution in [0.3, 0.4) is 0 Å². The van der Waals surface area contributed by atoms with Crippen LogP contribution in [0.1, 0.15) is 24.1 Å². The maximum absolute atomic E-state index is 12.5. The van der Waals surface area contributed by atoms with E-state index in [9.17, 15) is 8.42 Å². The second kappa shape index (κ2) is 10.6. The fourth-order valence-electron chi connectivity index (χ4n) is 2.50. The smallest absolute Gasteiger partial charge is 0.242 e. The Morgan fingerprint density at radius 1 is 1.07 bits per heavy atom. The number of benzene rings is 2. The van der Waals surface area contributed by atoms with Gasteiger partial charge in [-0.3, -0.25) is 4.99 Å². The van der Waals surface area contributed by atoms with Gasteiger partial charge in [0, 0.05) is 27.7 Å². The highest BCUT2D eigenvalue weighted by atomic mass is 127. The molecule has 8 heteroatoms. The molecule has 0 aliphatic heterocycles. The van der Waals surface area contributed by atoms with E-state index in [1.54, 1.807) is 25.2 Å². The Labute approximate surface area is 179 Å². The van der Waals surface area contributed by atoms with Crippen molar-refractivity contribution in [3.05, 3.63) is 65.7 Å². The molecule has 0 fully saturated rings. The standard InChI is InChI=1S/C19H26N4O2S.HI/c1-15(16-10-6-5-7-11-16)22-19(20-2)21-14-17-12-8-9-13-18(17)26(24,25)23(3)4;/h5-13,15H,14H2,1-4H3,(H2,20,21,22);1H. The average molecular weight is 502 g/mol. The number of rotatable bonds is 6. The predicted molar refractivity (Wildman–Crippen MR) is 121 cm³/mol. The van der Waals surface area contributed by atoms with Crippen LogP contribution in [0.2, 0.25) is 0 Å². The van der Waals surface area contributed by atoms with Crippen molar-refractivity contribution in [3.63, 3.8) is 0 Å². The Hall–Kier alpha value is -1.65. The highest BCUT2D eigenvalue weighted by Gasteiger charge is 2.20. The zero-order valence-corrected chi connectivity index (χ0v) is 19.2. The highest BCUT2D eigenvalue weighted by molar-refractivity contribution is 14.0. The van der Waals surface area contributed by atoms with Crippen LogP contribution in [-0.4, -0.2) is 39.8 Å². The largest absolute Gasteiger partial charge is 0.352 e. The number of hydrogen-bond donors (Lipinski definition) is 2. The molecule has 0 spiro atoms. The fourth-order valence-corrected chi connectivity index (χ4v) is 3.62. The third-order valence-corrected chi connectivity index (χ3v) is 5.97. The molecular formula is C19H27IN4O2S. The first-order chi connectivity index (χ1) is 12.4. The molecule has 0 radical (unpaired) electrons. The van der Waals surface area contributed by atoms with E-state index in [-0.39, 0.29) is 30.0 Å². The Morgan fingerprint density at radius 2 is 1.67 bits per heavy atom. The van der Waals surface area contributed by atoms with Crippen molar-refractivity contribution >= 4 is 40.0 Å². The average Bonchev–Trinajstić information content (AvgIpc) is 2.65. The molecule has 2 aromatic carbocycles. The summed E-state index contributed by atoms with van der Waals surface area (Å²) in [6.45, 7) is 2.40. The lowest BCUT2D eigenvalue weighted by molar-refractivity contribution is 0.519. The van der Waals surface area contributed by atoms with Crippen molar-refractivity contribution in [2.24, 2.45) is 4.99 Å². The van der Waals surface area contributed by atoms with E-state index in [4.69, 9.17) is 0 Å². The minimum atomic E-state index is -3.50. The molecule has 0 amide bonds. The zero-order chi connectivity index (χ0) is 19.2. The Kier molecular flexibility index (Phi) is 9.20. The lowest BCUT2D eigenvalue weighted by atomic mass is 10.1. The molecule has 0 bridgehead atoms. The van der Waals surface area contributed by atoms with Gasteiger partial charge in [0.05, 0.1) is 10.9 Å². The van der Waals surface area contributed by atoms with Crippen molar-refractivity contribution in [2.75, 3.05) is 21.1 Å². The normalized spacial score (nSPS) is 13.0. The van der Waals surface area contributed by atoms with E-state index in [0.29, 0.717) is 23.0 Å². The van der Waals surface area contributed by atoms with Crippen LogP contribution in [0.25, 0.3) is 0 Å². The summed E-state index contributed by atoms with van der Waals surface area (Å²) in [6, 6.07) is 17.1. The van der Waals surface area contributed by atoms with Crippen molar-refractivity contribution < 1.29 is 8.42 Å². The van der Waals surface area contributed by atoms with Crippen LogP contribution in [0, 0.1) is 0 Å². The summed E-state index contributed by atoms with van der Waals surface area (Å²) in [5.41, 5.74) is 1.84. The molecule has 1 unspecified atom stereocenters. The summed E-state index contributed by atoms with van der Waals surface area (Å²) in [5.74, 6) is 0.610. The number of nitrogens with zero attached hydrogens (tertiary/aromatic N) is 2. The van der Waals surface area contributed by atoms with Gasteiger partial charge in [-0.1, -0.05) is 48.5 Å². The lowest BCUT2D eigenvalue weighted by Gasteiger charge is -2.19. The monoisotopic (exact) mass is 502 g/mol. The fraction of sp³-hybridized carbons (Fsp3) is 0.316. The van der Waals surface area contributed by atoms with E-state index in [1.807, 2.05) is 43.3 Å². The second-order valence-corrected chi connectivity index (χ2v) is 8.22. The van der Waals surface area contributed by atoms with Crippen LogP contribution in [0.5, 0.6) is 0 Å². The van der Waals surface area contributed by atoms with Gasteiger partial charge in [0.1, 0.15) is 0 Å². The Balaban J connectivity index is 0.00000364. The first-order valence-electron chi connectivity index (χ1n) is 8.39. The van der Waals surface area contributed by atoms with Gasteiger partial charge in [0.15, 0.2) is 5.96 Å². The van der Waals surface area contributed by atoms with E-state index < -0.39 is 10.0 Å². The summed E-state index contributed by atoms with van der Waals surface area (Å²) in [6.07, 6.45) is 0. The van der Waals surface area contributed by atoms with E-state index >= 15 is 0 Å². The third kappa shape index (κ3) is 6.18. The van der Waals surface area contributed by atoms with Gasteiger partial charge in [-0.25, -0.2) is 12.7 Å². The zero-order valence-electron chi connectivity index (χ0n) is 16.0. The quantitative estimate of drug-likeness (QED) is 0.362. The molecule has 0 heterocycles. The predicted octanol–water partition coefficient (Wildman–Crippen LogP) is 2.98. The number of hydrogen-bond acceptors (Lipinski definition) is 3. The number of halogens is 1. The second-order valence-electron chi connectivity index (χ2n) is 6.10. The number of nitrogens with one attached hydrogen (secondary N) is 2. The molecule has 0 aliphatic rings. The Morgan fingerprint density at radius 3 is 2.26 bits per heavy atom. The molecule has 6 nitrogen and oxygen atoms in total. The molecule has 148 valence electrons. The van der Waals surface area contributed by atoms with Gasteiger partial charge in [0.25, 0.3) is 0 Å². The summed E-state index contributed by atoms with van der Waals surface area (Å²) in [4.78, 5) is 4.53. The van der Waals surface area contributed by atoms with Crippen molar-refractivity contribution in [2.45, 2.75) is 24.4 Å². The molecule has 27 heavy (non-hydrogen) atoms.